The van der Waals surface area contributed by atoms with Gasteiger partial charge in [-0.25, -0.2) is 9.37 Å². The zero-order chi connectivity index (χ0) is 17.3. The number of amides is 1. The maximum absolute atomic E-state index is 13.7. The van der Waals surface area contributed by atoms with Crippen molar-refractivity contribution in [2.45, 2.75) is 13.5 Å². The van der Waals surface area contributed by atoms with Gasteiger partial charge in [-0.3, -0.25) is 14.2 Å². The summed E-state index contributed by atoms with van der Waals surface area (Å²) in [6, 6.07) is 10.7. The molecule has 5 nitrogen and oxygen atoms in total. The molecule has 0 radical (unpaired) electrons. The van der Waals surface area contributed by atoms with Crippen molar-refractivity contribution in [1.29, 1.82) is 0 Å². The van der Waals surface area contributed by atoms with Crippen LogP contribution in [0.3, 0.4) is 0 Å². The molecule has 1 amide bonds. The minimum Gasteiger partial charge on any atom is -0.322 e. The molecule has 3 aromatic rings. The molecule has 24 heavy (non-hydrogen) atoms. The van der Waals surface area contributed by atoms with Crippen LogP contribution in [0.4, 0.5) is 10.1 Å². The van der Waals surface area contributed by atoms with Gasteiger partial charge in [0, 0.05) is 5.02 Å². The van der Waals surface area contributed by atoms with Crippen molar-refractivity contribution in [3.8, 4) is 0 Å². The number of aryl methyl sites for hydroxylation is 1. The van der Waals surface area contributed by atoms with Gasteiger partial charge in [0.15, 0.2) is 0 Å². The molecule has 3 rings (SSSR count). The standard InChI is InChI=1S/C17H13ClFN3O2/c1-10-20-14-5-3-2-4-12(14)17(24)22(10)9-16(23)21-15-8-11(18)6-7-13(15)19/h2-8H,9H2,1H3,(H,21,23). The molecule has 1 N–H and O–H groups in total. The highest BCUT2D eigenvalue weighted by atomic mass is 35.5. The smallest absolute Gasteiger partial charge is 0.261 e. The molecule has 2 aromatic carbocycles. The van der Waals surface area contributed by atoms with Crippen LogP contribution in [0, 0.1) is 12.7 Å². The van der Waals surface area contributed by atoms with Crippen LogP contribution in [0.15, 0.2) is 47.3 Å². The normalized spacial score (nSPS) is 10.8. The Bertz CT molecular complexity index is 1000. The lowest BCUT2D eigenvalue weighted by molar-refractivity contribution is -0.116. The number of nitrogens with zero attached hydrogens (tertiary/aromatic N) is 2. The van der Waals surface area contributed by atoms with Gasteiger partial charge < -0.3 is 5.32 Å². The van der Waals surface area contributed by atoms with Crippen LogP contribution in [-0.4, -0.2) is 15.5 Å². The van der Waals surface area contributed by atoms with Crippen LogP contribution in [0.1, 0.15) is 5.82 Å². The van der Waals surface area contributed by atoms with Crippen molar-refractivity contribution in [3.63, 3.8) is 0 Å². The summed E-state index contributed by atoms with van der Waals surface area (Å²) >= 11 is 5.79. The average molecular weight is 346 g/mol. The number of anilines is 1. The summed E-state index contributed by atoms with van der Waals surface area (Å²) in [6.07, 6.45) is 0. The van der Waals surface area contributed by atoms with E-state index in [9.17, 15) is 14.0 Å². The van der Waals surface area contributed by atoms with E-state index in [1.165, 1.54) is 16.7 Å². The zero-order valence-electron chi connectivity index (χ0n) is 12.7. The third-order valence-corrected chi connectivity index (χ3v) is 3.79. The molecule has 0 saturated carbocycles. The number of carbonyl (C=O) groups excluding carboxylic acids is 1. The van der Waals surface area contributed by atoms with Crippen molar-refractivity contribution in [3.05, 3.63) is 69.5 Å². The van der Waals surface area contributed by atoms with E-state index in [0.29, 0.717) is 21.7 Å². The van der Waals surface area contributed by atoms with Crippen molar-refractivity contribution in [2.24, 2.45) is 0 Å². The summed E-state index contributed by atoms with van der Waals surface area (Å²) in [4.78, 5) is 29.0. The molecule has 0 atom stereocenters. The third-order valence-electron chi connectivity index (χ3n) is 3.56. The monoisotopic (exact) mass is 345 g/mol. The Morgan fingerprint density at radius 2 is 2.04 bits per heavy atom. The number of rotatable bonds is 3. The van der Waals surface area contributed by atoms with Gasteiger partial charge in [-0.15, -0.1) is 0 Å². The number of hydrogen-bond acceptors (Lipinski definition) is 3. The zero-order valence-corrected chi connectivity index (χ0v) is 13.5. The van der Waals surface area contributed by atoms with E-state index >= 15 is 0 Å². The lowest BCUT2D eigenvalue weighted by Gasteiger charge is -2.11. The van der Waals surface area contributed by atoms with Crippen LogP contribution in [0.25, 0.3) is 10.9 Å². The van der Waals surface area contributed by atoms with Gasteiger partial charge in [0.1, 0.15) is 18.2 Å². The number of para-hydroxylation sites is 1. The topological polar surface area (TPSA) is 64.0 Å². The fourth-order valence-corrected chi connectivity index (χ4v) is 2.56. The van der Waals surface area contributed by atoms with Crippen LogP contribution in [0.5, 0.6) is 0 Å². The molecule has 1 heterocycles. The van der Waals surface area contributed by atoms with Gasteiger partial charge in [0.05, 0.1) is 16.6 Å². The minimum absolute atomic E-state index is 0.0352. The number of fused-ring (bicyclic) bond motifs is 1. The van der Waals surface area contributed by atoms with Crippen LogP contribution < -0.4 is 10.9 Å². The Morgan fingerprint density at radius 1 is 1.29 bits per heavy atom. The van der Waals surface area contributed by atoms with Gasteiger partial charge >= 0.3 is 0 Å². The lowest BCUT2D eigenvalue weighted by atomic mass is 10.2. The molecule has 122 valence electrons. The summed E-state index contributed by atoms with van der Waals surface area (Å²) < 4.78 is 14.9. The molecule has 0 fully saturated rings. The molecular weight excluding hydrogens is 333 g/mol. The quantitative estimate of drug-likeness (QED) is 0.793. The first-order valence-corrected chi connectivity index (χ1v) is 7.54. The van der Waals surface area contributed by atoms with Gasteiger partial charge in [0.2, 0.25) is 5.91 Å². The first-order chi connectivity index (χ1) is 11.5. The Kier molecular flexibility index (Phi) is 4.31. The highest BCUT2D eigenvalue weighted by Gasteiger charge is 2.13. The SMILES string of the molecule is Cc1nc2ccccc2c(=O)n1CC(=O)Nc1cc(Cl)ccc1F. The Morgan fingerprint density at radius 3 is 2.83 bits per heavy atom. The first kappa shape index (κ1) is 16.1. The largest absolute Gasteiger partial charge is 0.322 e. The maximum atomic E-state index is 13.7. The number of carbonyl (C=O) groups is 1. The molecule has 0 saturated heterocycles. The van der Waals surface area contributed by atoms with E-state index in [1.54, 1.807) is 31.2 Å². The molecule has 0 aliphatic heterocycles. The first-order valence-electron chi connectivity index (χ1n) is 7.17. The molecule has 0 aliphatic rings. The Labute approximate surface area is 141 Å². The van der Waals surface area contributed by atoms with E-state index in [-0.39, 0.29) is 17.8 Å². The van der Waals surface area contributed by atoms with Crippen molar-refractivity contribution in [1.82, 2.24) is 9.55 Å². The lowest BCUT2D eigenvalue weighted by Crippen LogP contribution is -2.30. The second-order valence-corrected chi connectivity index (χ2v) is 5.68. The van der Waals surface area contributed by atoms with Crippen LogP contribution >= 0.6 is 11.6 Å². The third kappa shape index (κ3) is 3.14. The number of hydrogen-bond donors (Lipinski definition) is 1. The molecule has 0 unspecified atom stereocenters. The number of halogens is 2. The summed E-state index contributed by atoms with van der Waals surface area (Å²) in [5, 5.41) is 3.14. The summed E-state index contributed by atoms with van der Waals surface area (Å²) in [5.41, 5.74) is 0.212. The molecule has 7 heteroatoms. The highest BCUT2D eigenvalue weighted by molar-refractivity contribution is 6.30. The molecule has 0 bridgehead atoms. The maximum Gasteiger partial charge on any atom is 0.261 e. The number of nitrogens with one attached hydrogen (secondary N) is 1. The van der Waals surface area contributed by atoms with E-state index < -0.39 is 11.7 Å². The van der Waals surface area contributed by atoms with Crippen molar-refractivity contribution >= 4 is 34.1 Å². The Hall–Kier alpha value is -2.73. The number of benzene rings is 2. The van der Waals surface area contributed by atoms with E-state index in [0.717, 1.165) is 6.07 Å². The summed E-state index contributed by atoms with van der Waals surface area (Å²) in [6.45, 7) is 1.37. The van der Waals surface area contributed by atoms with E-state index in [1.807, 2.05) is 0 Å². The minimum atomic E-state index is -0.603. The van der Waals surface area contributed by atoms with Crippen LogP contribution in [0.2, 0.25) is 5.02 Å². The second-order valence-electron chi connectivity index (χ2n) is 5.24. The highest BCUT2D eigenvalue weighted by Crippen LogP contribution is 2.19. The molecule has 1 aromatic heterocycles. The molecule has 0 spiro atoms. The number of aromatic nitrogens is 2. The average Bonchev–Trinajstić information content (AvgIpc) is 2.55. The van der Waals surface area contributed by atoms with E-state index in [4.69, 9.17) is 11.6 Å². The van der Waals surface area contributed by atoms with E-state index in [2.05, 4.69) is 10.3 Å². The van der Waals surface area contributed by atoms with Crippen molar-refractivity contribution < 1.29 is 9.18 Å². The van der Waals surface area contributed by atoms with Crippen molar-refractivity contribution in [2.75, 3.05) is 5.32 Å². The van der Waals surface area contributed by atoms with Gasteiger partial charge in [-0.1, -0.05) is 23.7 Å². The fraction of sp³-hybridized carbons (Fsp3) is 0.118. The van der Waals surface area contributed by atoms with Crippen LogP contribution in [-0.2, 0) is 11.3 Å². The molecular formula is C17H13ClFN3O2. The Balaban J connectivity index is 1.91. The predicted octanol–water partition coefficient (Wildman–Crippen LogP) is 3.14. The summed E-state index contributed by atoms with van der Waals surface area (Å²) in [7, 11) is 0. The van der Waals surface area contributed by atoms with Gasteiger partial charge in [0.25, 0.3) is 5.56 Å². The molecule has 0 aliphatic carbocycles. The summed E-state index contributed by atoms with van der Waals surface area (Å²) in [5.74, 6) is -0.743. The van der Waals surface area contributed by atoms with Gasteiger partial charge in [-0.05, 0) is 37.3 Å². The second kappa shape index (κ2) is 6.41. The predicted molar refractivity (Wildman–Crippen MR) is 90.8 cm³/mol. The fourth-order valence-electron chi connectivity index (χ4n) is 2.39. The van der Waals surface area contributed by atoms with Gasteiger partial charge in [-0.2, -0.15) is 0 Å².